The van der Waals surface area contributed by atoms with Crippen molar-refractivity contribution >= 4 is 61.4 Å². The fraction of sp³-hybridized carbons (Fsp3) is 0.231. The molecule has 1 amide bonds. The second-order valence-corrected chi connectivity index (χ2v) is 7.00. The summed E-state index contributed by atoms with van der Waals surface area (Å²) in [5.41, 5.74) is 6.45. The van der Waals surface area contributed by atoms with Gasteiger partial charge in [-0.2, -0.15) is 0 Å². The van der Waals surface area contributed by atoms with Crippen LogP contribution < -0.4 is 16.4 Å². The van der Waals surface area contributed by atoms with Crippen LogP contribution in [0.15, 0.2) is 22.7 Å². The van der Waals surface area contributed by atoms with Crippen LogP contribution >= 0.6 is 38.9 Å². The fourth-order valence-electron chi connectivity index (χ4n) is 1.72. The number of thiazole rings is 1. The van der Waals surface area contributed by atoms with Crippen LogP contribution in [-0.2, 0) is 0 Å². The van der Waals surface area contributed by atoms with Crippen molar-refractivity contribution in [1.82, 2.24) is 4.98 Å². The van der Waals surface area contributed by atoms with Gasteiger partial charge in [-0.1, -0.05) is 22.9 Å². The lowest BCUT2D eigenvalue weighted by molar-refractivity contribution is 0.103. The molecule has 1 aliphatic rings. The molecule has 0 atom stereocenters. The third-order valence-corrected chi connectivity index (χ3v) is 5.16. The summed E-state index contributed by atoms with van der Waals surface area (Å²) in [4.78, 5) is 16.8. The van der Waals surface area contributed by atoms with Crippen LogP contribution in [0.2, 0.25) is 5.02 Å². The van der Waals surface area contributed by atoms with Crippen molar-refractivity contribution in [2.24, 2.45) is 0 Å². The molecule has 1 fully saturated rings. The Balaban J connectivity index is 1.74. The van der Waals surface area contributed by atoms with E-state index in [0.29, 0.717) is 26.8 Å². The standard InChI is InChI=1S/C13H12BrClN4OS/c14-8-5-7(3-4-9(8)15)17-12(20)10-11(16)19-13(21-10)18-6-1-2-6/h3-6H,1-2,16H2,(H,17,20)(H,18,19). The van der Waals surface area contributed by atoms with Gasteiger partial charge in [0.05, 0.1) is 5.02 Å². The number of hydrogen-bond acceptors (Lipinski definition) is 5. The lowest BCUT2D eigenvalue weighted by Gasteiger charge is -2.05. The Hall–Kier alpha value is -1.31. The van der Waals surface area contributed by atoms with E-state index < -0.39 is 0 Å². The summed E-state index contributed by atoms with van der Waals surface area (Å²) in [6, 6.07) is 5.64. The average molecular weight is 388 g/mol. The molecule has 0 unspecified atom stereocenters. The minimum Gasteiger partial charge on any atom is -0.382 e. The first-order valence-corrected chi connectivity index (χ1v) is 8.31. The number of carbonyl (C=O) groups is 1. The van der Waals surface area contributed by atoms with E-state index in [0.717, 1.165) is 17.3 Å². The van der Waals surface area contributed by atoms with E-state index in [1.54, 1.807) is 18.2 Å². The summed E-state index contributed by atoms with van der Waals surface area (Å²) in [6.07, 6.45) is 2.28. The Bertz CT molecular complexity index is 701. The van der Waals surface area contributed by atoms with Crippen molar-refractivity contribution in [2.75, 3.05) is 16.4 Å². The van der Waals surface area contributed by atoms with Gasteiger partial charge in [0.2, 0.25) is 0 Å². The molecule has 1 saturated carbocycles. The highest BCUT2D eigenvalue weighted by molar-refractivity contribution is 9.10. The largest absolute Gasteiger partial charge is 0.382 e. The van der Waals surface area contributed by atoms with Gasteiger partial charge >= 0.3 is 0 Å². The first-order chi connectivity index (χ1) is 10.0. The number of amides is 1. The molecule has 21 heavy (non-hydrogen) atoms. The van der Waals surface area contributed by atoms with Crippen LogP contribution in [0.3, 0.4) is 0 Å². The number of anilines is 3. The summed E-state index contributed by atoms with van der Waals surface area (Å²) in [6.45, 7) is 0. The first-order valence-electron chi connectivity index (χ1n) is 6.32. The van der Waals surface area contributed by atoms with Crippen molar-refractivity contribution in [3.8, 4) is 0 Å². The van der Waals surface area contributed by atoms with E-state index in [1.807, 2.05) is 0 Å². The molecule has 1 aromatic carbocycles. The molecule has 0 bridgehead atoms. The number of nitrogens with one attached hydrogen (secondary N) is 2. The minimum absolute atomic E-state index is 0.244. The van der Waals surface area contributed by atoms with Gasteiger partial charge in [-0.15, -0.1) is 0 Å². The Morgan fingerprint density at radius 2 is 2.24 bits per heavy atom. The lowest BCUT2D eigenvalue weighted by Crippen LogP contribution is -2.12. The fourth-order valence-corrected chi connectivity index (χ4v) is 3.07. The van der Waals surface area contributed by atoms with E-state index >= 15 is 0 Å². The molecule has 0 aliphatic heterocycles. The van der Waals surface area contributed by atoms with Crippen molar-refractivity contribution < 1.29 is 4.79 Å². The third-order valence-electron chi connectivity index (χ3n) is 2.94. The zero-order valence-electron chi connectivity index (χ0n) is 10.8. The summed E-state index contributed by atoms with van der Waals surface area (Å²) >= 11 is 10.5. The molecular formula is C13H12BrClN4OS. The molecule has 4 N–H and O–H groups in total. The monoisotopic (exact) mass is 386 g/mol. The highest BCUT2D eigenvalue weighted by Gasteiger charge is 2.24. The van der Waals surface area contributed by atoms with Gasteiger partial charge in [0.15, 0.2) is 5.13 Å². The van der Waals surface area contributed by atoms with Gasteiger partial charge in [-0.05, 0) is 47.0 Å². The lowest BCUT2D eigenvalue weighted by atomic mass is 10.3. The molecule has 0 spiro atoms. The van der Waals surface area contributed by atoms with Crippen LogP contribution in [0, 0.1) is 0 Å². The van der Waals surface area contributed by atoms with E-state index in [-0.39, 0.29) is 11.7 Å². The number of aromatic nitrogens is 1. The van der Waals surface area contributed by atoms with Gasteiger partial charge in [0, 0.05) is 16.2 Å². The SMILES string of the molecule is Nc1nc(NC2CC2)sc1C(=O)Nc1ccc(Cl)c(Br)c1. The van der Waals surface area contributed by atoms with Gasteiger partial charge in [-0.25, -0.2) is 4.98 Å². The molecule has 110 valence electrons. The number of carbonyl (C=O) groups excluding carboxylic acids is 1. The Morgan fingerprint density at radius 3 is 2.90 bits per heavy atom. The summed E-state index contributed by atoms with van der Waals surface area (Å²) < 4.78 is 0.718. The van der Waals surface area contributed by atoms with Gasteiger partial charge < -0.3 is 16.4 Å². The van der Waals surface area contributed by atoms with Crippen LogP contribution in [0.1, 0.15) is 22.5 Å². The predicted octanol–water partition coefficient (Wildman–Crippen LogP) is 3.97. The van der Waals surface area contributed by atoms with Crippen molar-refractivity contribution in [1.29, 1.82) is 0 Å². The van der Waals surface area contributed by atoms with Crippen LogP contribution in [0.5, 0.6) is 0 Å². The predicted molar refractivity (Wildman–Crippen MR) is 90.3 cm³/mol. The van der Waals surface area contributed by atoms with Crippen LogP contribution in [0.25, 0.3) is 0 Å². The highest BCUT2D eigenvalue weighted by Crippen LogP contribution is 2.31. The third kappa shape index (κ3) is 3.48. The number of rotatable bonds is 4. The zero-order valence-corrected chi connectivity index (χ0v) is 14.0. The highest BCUT2D eigenvalue weighted by atomic mass is 79.9. The summed E-state index contributed by atoms with van der Waals surface area (Å²) in [5, 5.41) is 7.30. The van der Waals surface area contributed by atoms with Gasteiger partial charge in [-0.3, -0.25) is 4.79 Å². The van der Waals surface area contributed by atoms with Crippen LogP contribution in [0.4, 0.5) is 16.6 Å². The Kier molecular flexibility index (Phi) is 4.05. The topological polar surface area (TPSA) is 80.0 Å². The number of nitrogens with two attached hydrogens (primary N) is 1. The molecule has 2 aromatic rings. The maximum Gasteiger partial charge on any atom is 0.269 e. The zero-order chi connectivity index (χ0) is 15.0. The van der Waals surface area contributed by atoms with E-state index in [2.05, 4.69) is 31.5 Å². The van der Waals surface area contributed by atoms with E-state index in [9.17, 15) is 4.79 Å². The molecule has 0 radical (unpaired) electrons. The summed E-state index contributed by atoms with van der Waals surface area (Å²) in [5.74, 6) is -0.0308. The smallest absolute Gasteiger partial charge is 0.269 e. The molecule has 0 saturated heterocycles. The number of benzene rings is 1. The van der Waals surface area contributed by atoms with Crippen molar-refractivity contribution in [3.05, 3.63) is 32.6 Å². The molecule has 1 heterocycles. The van der Waals surface area contributed by atoms with Crippen molar-refractivity contribution in [3.63, 3.8) is 0 Å². The Morgan fingerprint density at radius 1 is 1.48 bits per heavy atom. The number of halogens is 2. The van der Waals surface area contributed by atoms with Crippen LogP contribution in [-0.4, -0.2) is 16.9 Å². The first kappa shape index (κ1) is 14.6. The second kappa shape index (κ2) is 5.82. The van der Waals surface area contributed by atoms with Crippen molar-refractivity contribution in [2.45, 2.75) is 18.9 Å². The van der Waals surface area contributed by atoms with Gasteiger partial charge in [0.25, 0.3) is 5.91 Å². The molecule has 1 aromatic heterocycles. The average Bonchev–Trinajstić information content (AvgIpc) is 3.16. The van der Waals surface area contributed by atoms with E-state index in [4.69, 9.17) is 17.3 Å². The molecular weight excluding hydrogens is 376 g/mol. The number of nitrogen functional groups attached to an aromatic ring is 1. The normalized spacial score (nSPS) is 14.0. The summed E-state index contributed by atoms with van der Waals surface area (Å²) in [7, 11) is 0. The van der Waals surface area contributed by atoms with Gasteiger partial charge in [0.1, 0.15) is 10.7 Å². The maximum absolute atomic E-state index is 12.2. The molecule has 3 rings (SSSR count). The molecule has 1 aliphatic carbocycles. The maximum atomic E-state index is 12.2. The van der Waals surface area contributed by atoms with E-state index in [1.165, 1.54) is 11.3 Å². The molecule has 5 nitrogen and oxygen atoms in total. The minimum atomic E-state index is -0.275. The Labute approximate surface area is 139 Å². The second-order valence-electron chi connectivity index (χ2n) is 4.74. The quantitative estimate of drug-likeness (QED) is 0.741. The molecule has 8 heteroatoms. The number of nitrogens with zero attached hydrogens (tertiary/aromatic N) is 1. The number of hydrogen-bond donors (Lipinski definition) is 3.